The molecule has 0 saturated heterocycles. The van der Waals surface area contributed by atoms with Crippen molar-refractivity contribution in [1.82, 2.24) is 19.5 Å². The summed E-state index contributed by atoms with van der Waals surface area (Å²) in [6.45, 7) is 9.35. The quantitative estimate of drug-likeness (QED) is 0.201. The third-order valence-corrected chi connectivity index (χ3v) is 6.63. The lowest BCUT2D eigenvalue weighted by atomic mass is 10.2. The standard InChI is InChI=1S/C20H33N5O2S.HI/c1-4-21-20(23-14-17-28(26,27)25(5-2)6-3)22-13-9-15-24-16-12-18-10-7-8-11-19(18)24;/h7-8,10-12,16H,4-6,9,13-15,17H2,1-3H3,(H2,21,22,23);1H. The summed E-state index contributed by atoms with van der Waals surface area (Å²) >= 11 is 0. The Labute approximate surface area is 192 Å². The van der Waals surface area contributed by atoms with E-state index < -0.39 is 10.0 Å². The number of sulfonamides is 1. The molecular formula is C20H34IN5O2S. The number of nitrogens with zero attached hydrogens (tertiary/aromatic N) is 3. The largest absolute Gasteiger partial charge is 0.357 e. The van der Waals surface area contributed by atoms with Crippen molar-refractivity contribution in [3.63, 3.8) is 0 Å². The maximum atomic E-state index is 12.3. The lowest BCUT2D eigenvalue weighted by Gasteiger charge is -2.19. The Morgan fingerprint density at radius 2 is 1.83 bits per heavy atom. The molecule has 0 aliphatic heterocycles. The zero-order valence-corrected chi connectivity index (χ0v) is 20.7. The molecule has 0 saturated carbocycles. The van der Waals surface area contributed by atoms with Crippen molar-refractivity contribution in [2.24, 2.45) is 4.99 Å². The van der Waals surface area contributed by atoms with Crippen molar-refractivity contribution in [1.29, 1.82) is 0 Å². The minimum Gasteiger partial charge on any atom is -0.357 e. The minimum atomic E-state index is -3.22. The Balaban J connectivity index is 0.00000420. The van der Waals surface area contributed by atoms with Crippen molar-refractivity contribution >= 4 is 50.9 Å². The van der Waals surface area contributed by atoms with E-state index in [1.54, 1.807) is 0 Å². The molecule has 7 nitrogen and oxygen atoms in total. The van der Waals surface area contributed by atoms with Crippen LogP contribution in [-0.2, 0) is 16.6 Å². The van der Waals surface area contributed by atoms with Crippen LogP contribution in [-0.4, -0.2) is 61.7 Å². The first kappa shape index (κ1) is 25.7. The lowest BCUT2D eigenvalue weighted by molar-refractivity contribution is 0.445. The number of hydrogen-bond donors (Lipinski definition) is 2. The van der Waals surface area contributed by atoms with Gasteiger partial charge >= 0.3 is 0 Å². The highest BCUT2D eigenvalue weighted by atomic mass is 127. The first-order valence-electron chi connectivity index (χ1n) is 10.1. The van der Waals surface area contributed by atoms with E-state index >= 15 is 0 Å². The molecule has 164 valence electrons. The smallest absolute Gasteiger partial charge is 0.215 e. The number of para-hydroxylation sites is 1. The molecule has 0 aliphatic rings. The number of halogens is 1. The predicted octanol–water partition coefficient (Wildman–Crippen LogP) is 2.88. The summed E-state index contributed by atoms with van der Waals surface area (Å²) in [4.78, 5) is 4.57. The van der Waals surface area contributed by atoms with Crippen LogP contribution in [0.1, 0.15) is 27.2 Å². The Morgan fingerprint density at radius 3 is 2.52 bits per heavy atom. The number of aliphatic imine (C=N–C) groups is 1. The molecule has 29 heavy (non-hydrogen) atoms. The number of hydrogen-bond acceptors (Lipinski definition) is 3. The second kappa shape index (κ2) is 13.1. The molecule has 0 radical (unpaired) electrons. The Hall–Kier alpha value is -1.33. The molecule has 2 rings (SSSR count). The molecule has 0 aliphatic carbocycles. The number of nitrogens with one attached hydrogen (secondary N) is 2. The van der Waals surface area contributed by atoms with Gasteiger partial charge in [-0.15, -0.1) is 24.0 Å². The molecule has 0 spiro atoms. The minimum absolute atomic E-state index is 0. The molecule has 1 aromatic heterocycles. The highest BCUT2D eigenvalue weighted by Crippen LogP contribution is 2.15. The fraction of sp³-hybridized carbons (Fsp3) is 0.550. The molecular weight excluding hydrogens is 501 g/mol. The van der Waals surface area contributed by atoms with E-state index in [0.29, 0.717) is 32.1 Å². The summed E-state index contributed by atoms with van der Waals surface area (Å²) in [5.41, 5.74) is 1.23. The van der Waals surface area contributed by atoms with Gasteiger partial charge in [0.15, 0.2) is 5.96 Å². The summed E-state index contributed by atoms with van der Waals surface area (Å²) in [5, 5.41) is 7.55. The molecule has 0 atom stereocenters. The molecule has 0 bridgehead atoms. The third-order valence-electron chi connectivity index (χ3n) is 4.60. The highest BCUT2D eigenvalue weighted by Gasteiger charge is 2.18. The number of aromatic nitrogens is 1. The van der Waals surface area contributed by atoms with E-state index in [-0.39, 0.29) is 29.7 Å². The maximum Gasteiger partial charge on any atom is 0.215 e. The van der Waals surface area contributed by atoms with Gasteiger partial charge in [0.2, 0.25) is 10.0 Å². The molecule has 1 aromatic carbocycles. The van der Waals surface area contributed by atoms with Crippen molar-refractivity contribution in [2.75, 3.05) is 38.5 Å². The average molecular weight is 535 g/mol. The van der Waals surface area contributed by atoms with Crippen LogP contribution in [0.5, 0.6) is 0 Å². The summed E-state index contributed by atoms with van der Waals surface area (Å²) in [7, 11) is -3.22. The van der Waals surface area contributed by atoms with E-state index in [1.807, 2.05) is 26.8 Å². The molecule has 9 heteroatoms. The van der Waals surface area contributed by atoms with Gasteiger partial charge < -0.3 is 15.2 Å². The van der Waals surface area contributed by atoms with Crippen LogP contribution in [0.3, 0.4) is 0 Å². The summed E-state index contributed by atoms with van der Waals surface area (Å²) in [5.74, 6) is 0.726. The number of rotatable bonds is 11. The second-order valence-electron chi connectivity index (χ2n) is 6.51. The number of aryl methyl sites for hydroxylation is 1. The highest BCUT2D eigenvalue weighted by molar-refractivity contribution is 14.0. The normalized spacial score (nSPS) is 12.2. The van der Waals surface area contributed by atoms with Crippen LogP contribution >= 0.6 is 24.0 Å². The summed E-state index contributed by atoms with van der Waals surface area (Å²) < 4.78 is 28.2. The molecule has 0 unspecified atom stereocenters. The van der Waals surface area contributed by atoms with Gasteiger partial charge in [0.1, 0.15) is 0 Å². The van der Waals surface area contributed by atoms with Crippen molar-refractivity contribution in [3.8, 4) is 0 Å². The van der Waals surface area contributed by atoms with E-state index in [2.05, 4.69) is 50.7 Å². The van der Waals surface area contributed by atoms with E-state index in [9.17, 15) is 8.42 Å². The van der Waals surface area contributed by atoms with Crippen LogP contribution in [0.25, 0.3) is 10.9 Å². The SMILES string of the molecule is CCNC(=NCCCn1ccc2ccccc21)NCCS(=O)(=O)N(CC)CC.I. The average Bonchev–Trinajstić information content (AvgIpc) is 3.09. The Kier molecular flexibility index (Phi) is 11.6. The van der Waals surface area contributed by atoms with Crippen LogP contribution in [0.15, 0.2) is 41.5 Å². The second-order valence-corrected chi connectivity index (χ2v) is 8.60. The van der Waals surface area contributed by atoms with Gasteiger partial charge in [0.05, 0.1) is 5.75 Å². The van der Waals surface area contributed by atoms with Gasteiger partial charge in [-0.1, -0.05) is 32.0 Å². The first-order chi connectivity index (χ1) is 13.5. The summed E-state index contributed by atoms with van der Waals surface area (Å²) in [6.07, 6.45) is 3.02. The molecule has 1 heterocycles. The van der Waals surface area contributed by atoms with E-state index in [4.69, 9.17) is 0 Å². The van der Waals surface area contributed by atoms with Crippen LogP contribution in [0, 0.1) is 0 Å². The predicted molar refractivity (Wildman–Crippen MR) is 133 cm³/mol. The number of benzene rings is 1. The van der Waals surface area contributed by atoms with Crippen molar-refractivity contribution in [3.05, 3.63) is 36.5 Å². The first-order valence-corrected chi connectivity index (χ1v) is 11.7. The fourth-order valence-electron chi connectivity index (χ4n) is 3.15. The van der Waals surface area contributed by atoms with Gasteiger partial charge in [-0.2, -0.15) is 0 Å². The van der Waals surface area contributed by atoms with Crippen molar-refractivity contribution < 1.29 is 8.42 Å². The molecule has 2 N–H and O–H groups in total. The van der Waals surface area contributed by atoms with Crippen LogP contribution in [0.2, 0.25) is 0 Å². The lowest BCUT2D eigenvalue weighted by Crippen LogP contribution is -2.42. The van der Waals surface area contributed by atoms with Gasteiger partial charge in [-0.05, 0) is 30.9 Å². The van der Waals surface area contributed by atoms with E-state index in [0.717, 1.165) is 19.5 Å². The maximum absolute atomic E-state index is 12.3. The molecule has 0 amide bonds. The molecule has 2 aromatic rings. The third kappa shape index (κ3) is 7.78. The molecule has 0 fully saturated rings. The van der Waals surface area contributed by atoms with Crippen molar-refractivity contribution in [2.45, 2.75) is 33.7 Å². The number of fused-ring (bicyclic) bond motifs is 1. The summed E-state index contributed by atoms with van der Waals surface area (Å²) in [6, 6.07) is 10.5. The van der Waals surface area contributed by atoms with Crippen LogP contribution in [0.4, 0.5) is 0 Å². The Morgan fingerprint density at radius 1 is 1.10 bits per heavy atom. The topological polar surface area (TPSA) is 78.7 Å². The monoisotopic (exact) mass is 535 g/mol. The van der Waals surface area contributed by atoms with Crippen LogP contribution < -0.4 is 10.6 Å². The van der Waals surface area contributed by atoms with E-state index in [1.165, 1.54) is 15.2 Å². The van der Waals surface area contributed by atoms with Gasteiger partial charge in [-0.25, -0.2) is 12.7 Å². The fourth-order valence-corrected chi connectivity index (χ4v) is 4.56. The zero-order chi connectivity index (χ0) is 20.4. The van der Waals surface area contributed by atoms with Gasteiger partial charge in [-0.3, -0.25) is 4.99 Å². The number of guanidine groups is 1. The zero-order valence-electron chi connectivity index (χ0n) is 17.6. The van der Waals surface area contributed by atoms with Gasteiger partial charge in [0, 0.05) is 51.0 Å². The van der Waals surface area contributed by atoms with Gasteiger partial charge in [0.25, 0.3) is 0 Å². The Bertz CT molecular complexity index is 863.